The smallest absolute Gasteiger partial charge is 0.217 e. The summed E-state index contributed by atoms with van der Waals surface area (Å²) in [5, 5.41) is 73.4. The summed E-state index contributed by atoms with van der Waals surface area (Å²) in [5.41, 5.74) is -2.54. The summed E-state index contributed by atoms with van der Waals surface area (Å²) in [6.07, 6.45) is -13.0. The number of methoxy groups -OCH3 is 1. The molecule has 12 nitrogen and oxygen atoms in total. The van der Waals surface area contributed by atoms with E-state index in [9.17, 15) is 40.5 Å². The van der Waals surface area contributed by atoms with Crippen LogP contribution in [0.2, 0.25) is 0 Å². The SMILES string of the molecule is CO[C@H]1O[C@H](CO)[C@H](O)[C@H](O)[C@]1(O)[C@@H]1O[C@H](CO)[C@H](O)[C@H](O)[C@@H]1NC(C)=O. The number of aliphatic hydroxyl groups is 7. The van der Waals surface area contributed by atoms with E-state index in [0.29, 0.717) is 0 Å². The van der Waals surface area contributed by atoms with E-state index in [-0.39, 0.29) is 0 Å². The molecule has 2 fully saturated rings. The van der Waals surface area contributed by atoms with Gasteiger partial charge >= 0.3 is 0 Å². The molecule has 2 aliphatic heterocycles. The highest BCUT2D eigenvalue weighted by Gasteiger charge is 2.64. The topological polar surface area (TPSA) is 198 Å². The summed E-state index contributed by atoms with van der Waals surface area (Å²) in [5.74, 6) is -0.639. The number of hydrogen-bond acceptors (Lipinski definition) is 11. The second-order valence-electron chi connectivity index (χ2n) is 6.73. The van der Waals surface area contributed by atoms with Crippen molar-refractivity contribution in [3.05, 3.63) is 0 Å². The van der Waals surface area contributed by atoms with E-state index in [2.05, 4.69) is 5.32 Å². The molecule has 2 aliphatic rings. The van der Waals surface area contributed by atoms with Crippen LogP contribution in [0.25, 0.3) is 0 Å². The zero-order valence-corrected chi connectivity index (χ0v) is 14.9. The number of ether oxygens (including phenoxy) is 3. The number of aliphatic hydroxyl groups excluding tert-OH is 6. The van der Waals surface area contributed by atoms with E-state index in [1.165, 1.54) is 0 Å². The maximum atomic E-state index is 11.5. The molecule has 158 valence electrons. The van der Waals surface area contributed by atoms with E-state index < -0.39 is 79.8 Å². The lowest BCUT2D eigenvalue weighted by atomic mass is 9.75. The summed E-state index contributed by atoms with van der Waals surface area (Å²) in [6, 6.07) is -1.45. The van der Waals surface area contributed by atoms with Gasteiger partial charge in [-0.2, -0.15) is 0 Å². The minimum atomic E-state index is -2.54. The van der Waals surface area contributed by atoms with Gasteiger partial charge in [0, 0.05) is 14.0 Å². The van der Waals surface area contributed by atoms with Crippen LogP contribution in [0, 0.1) is 0 Å². The molecule has 8 N–H and O–H groups in total. The number of amides is 1. The Kier molecular flexibility index (Phi) is 7.13. The average Bonchev–Trinajstić information content (AvgIpc) is 2.64. The van der Waals surface area contributed by atoms with E-state index >= 15 is 0 Å². The van der Waals surface area contributed by atoms with Crippen LogP contribution < -0.4 is 5.32 Å². The molecule has 0 saturated carbocycles. The first kappa shape index (κ1) is 22.4. The van der Waals surface area contributed by atoms with Gasteiger partial charge < -0.3 is 55.3 Å². The van der Waals surface area contributed by atoms with Crippen molar-refractivity contribution in [3.8, 4) is 0 Å². The van der Waals surface area contributed by atoms with Crippen molar-refractivity contribution in [2.45, 2.75) is 67.6 Å². The third kappa shape index (κ3) is 3.82. The zero-order chi connectivity index (χ0) is 20.5. The summed E-state index contributed by atoms with van der Waals surface area (Å²) < 4.78 is 15.8. The molecule has 2 heterocycles. The first-order valence-corrected chi connectivity index (χ1v) is 8.40. The summed E-state index contributed by atoms with van der Waals surface area (Å²) in [7, 11) is 1.12. The zero-order valence-electron chi connectivity index (χ0n) is 14.9. The number of nitrogens with one attached hydrogen (secondary N) is 1. The molecule has 12 heteroatoms. The molecule has 27 heavy (non-hydrogen) atoms. The minimum Gasteiger partial charge on any atom is -0.394 e. The van der Waals surface area contributed by atoms with Crippen molar-refractivity contribution >= 4 is 5.91 Å². The Bertz CT molecular complexity index is 518. The molecule has 0 unspecified atom stereocenters. The van der Waals surface area contributed by atoms with Crippen LogP contribution in [0.3, 0.4) is 0 Å². The summed E-state index contributed by atoms with van der Waals surface area (Å²) in [4.78, 5) is 11.5. The lowest BCUT2D eigenvalue weighted by Crippen LogP contribution is -2.78. The first-order chi connectivity index (χ1) is 12.6. The molecule has 0 aromatic rings. The van der Waals surface area contributed by atoms with Gasteiger partial charge in [0.2, 0.25) is 5.91 Å². The van der Waals surface area contributed by atoms with E-state index in [1.54, 1.807) is 0 Å². The molecule has 1 amide bonds. The molecule has 0 aromatic heterocycles. The highest BCUT2D eigenvalue weighted by molar-refractivity contribution is 5.73. The van der Waals surface area contributed by atoms with Gasteiger partial charge in [-0.25, -0.2) is 0 Å². The number of carbonyl (C=O) groups is 1. The van der Waals surface area contributed by atoms with Gasteiger partial charge in [0.25, 0.3) is 0 Å². The Labute approximate surface area is 154 Å². The predicted octanol–water partition coefficient (Wildman–Crippen LogP) is -5.21. The number of hydrogen-bond donors (Lipinski definition) is 8. The molecule has 0 spiro atoms. The fourth-order valence-electron chi connectivity index (χ4n) is 3.57. The maximum absolute atomic E-state index is 11.5. The highest BCUT2D eigenvalue weighted by atomic mass is 16.7. The van der Waals surface area contributed by atoms with Crippen LogP contribution in [0.4, 0.5) is 0 Å². The molecular formula is C15H27NO11. The number of carbonyl (C=O) groups excluding carboxylic acids is 1. The second kappa shape index (κ2) is 8.61. The molecule has 0 bridgehead atoms. The molecule has 0 aliphatic carbocycles. The van der Waals surface area contributed by atoms with Crippen molar-refractivity contribution in [2.24, 2.45) is 0 Å². The molecule has 2 saturated heterocycles. The first-order valence-electron chi connectivity index (χ1n) is 8.40. The van der Waals surface area contributed by atoms with E-state index in [1.807, 2.05) is 0 Å². The molecule has 0 aromatic carbocycles. The van der Waals surface area contributed by atoms with Crippen molar-refractivity contribution < 1.29 is 54.8 Å². The Hall–Kier alpha value is -0.930. The van der Waals surface area contributed by atoms with Gasteiger partial charge in [-0.1, -0.05) is 0 Å². The summed E-state index contributed by atoms with van der Waals surface area (Å²) >= 11 is 0. The Balaban J connectivity index is 2.48. The number of rotatable bonds is 5. The third-order valence-electron chi connectivity index (χ3n) is 5.00. The van der Waals surface area contributed by atoms with Crippen molar-refractivity contribution in [1.82, 2.24) is 5.32 Å². The Morgan fingerprint density at radius 1 is 1.04 bits per heavy atom. The van der Waals surface area contributed by atoms with Crippen LogP contribution in [-0.4, -0.2) is 123 Å². The quantitative estimate of drug-likeness (QED) is 0.220. The molecule has 10 atom stereocenters. The van der Waals surface area contributed by atoms with E-state index in [4.69, 9.17) is 14.2 Å². The molecular weight excluding hydrogens is 370 g/mol. The Morgan fingerprint density at radius 3 is 2.07 bits per heavy atom. The summed E-state index contributed by atoms with van der Waals surface area (Å²) in [6.45, 7) is -0.306. The van der Waals surface area contributed by atoms with Crippen LogP contribution in [-0.2, 0) is 19.0 Å². The van der Waals surface area contributed by atoms with Crippen LogP contribution >= 0.6 is 0 Å². The van der Waals surface area contributed by atoms with Crippen molar-refractivity contribution in [1.29, 1.82) is 0 Å². The predicted molar refractivity (Wildman–Crippen MR) is 85.1 cm³/mol. The fourth-order valence-corrected chi connectivity index (χ4v) is 3.57. The van der Waals surface area contributed by atoms with Gasteiger partial charge in [-0.3, -0.25) is 4.79 Å². The largest absolute Gasteiger partial charge is 0.394 e. The van der Waals surface area contributed by atoms with Crippen molar-refractivity contribution in [2.75, 3.05) is 20.3 Å². The van der Waals surface area contributed by atoms with Crippen molar-refractivity contribution in [3.63, 3.8) is 0 Å². The second-order valence-corrected chi connectivity index (χ2v) is 6.73. The van der Waals surface area contributed by atoms with E-state index in [0.717, 1.165) is 14.0 Å². The average molecular weight is 397 g/mol. The lowest BCUT2D eigenvalue weighted by molar-refractivity contribution is -0.374. The lowest BCUT2D eigenvalue weighted by Gasteiger charge is -2.55. The Morgan fingerprint density at radius 2 is 1.59 bits per heavy atom. The highest BCUT2D eigenvalue weighted by Crippen LogP contribution is 2.39. The minimum absolute atomic E-state index is 0.639. The molecule has 2 rings (SSSR count). The van der Waals surface area contributed by atoms with Crippen LogP contribution in [0.1, 0.15) is 6.92 Å². The third-order valence-corrected chi connectivity index (χ3v) is 5.00. The van der Waals surface area contributed by atoms with Gasteiger partial charge in [0.1, 0.15) is 42.7 Å². The van der Waals surface area contributed by atoms with Crippen LogP contribution in [0.5, 0.6) is 0 Å². The fraction of sp³-hybridized carbons (Fsp3) is 0.933. The van der Waals surface area contributed by atoms with Gasteiger partial charge in [-0.15, -0.1) is 0 Å². The van der Waals surface area contributed by atoms with Gasteiger partial charge in [0.15, 0.2) is 11.9 Å². The van der Waals surface area contributed by atoms with Gasteiger partial charge in [0.05, 0.1) is 19.3 Å². The standard InChI is InChI=1S/C15H27NO11/c1-5(19)16-8-11(22)9(20)6(3-17)26-13(8)15(24)12(23)10(21)7(4-18)27-14(15)25-2/h6-14,17-18,20-24H,3-4H2,1-2H3,(H,16,19)/t6-,7-,8+,9+,10+,11-,12+,13-,14+,15+/m1/s1. The monoisotopic (exact) mass is 397 g/mol. The normalized spacial score (nSPS) is 48.3. The van der Waals surface area contributed by atoms with Gasteiger partial charge in [-0.05, 0) is 0 Å². The molecule has 0 radical (unpaired) electrons. The maximum Gasteiger partial charge on any atom is 0.217 e. The van der Waals surface area contributed by atoms with Crippen LogP contribution in [0.15, 0.2) is 0 Å².